The fraction of sp³-hybridized carbons (Fsp3) is 0.500. The Morgan fingerprint density at radius 3 is 2.69 bits per heavy atom. The van der Waals surface area contributed by atoms with Crippen molar-refractivity contribution < 1.29 is 23.8 Å². The average molecular weight is 500 g/mol. The number of oxazole rings is 1. The van der Waals surface area contributed by atoms with Crippen LogP contribution in [0.2, 0.25) is 0 Å². The van der Waals surface area contributed by atoms with E-state index in [4.69, 9.17) is 24.2 Å². The predicted molar refractivity (Wildman–Crippen MR) is 129 cm³/mol. The standard InChI is InChI=1S/C22H25N7O5S/c30-19(15-11-34-20(25-15)29-4-3-13(10-29)23-22(31)32)24-14-9-16-18(26-17(14)12-1-2-12)27-21(35-16)28-5-7-33-8-6-28/h9,11-13,23H,1-8,10H2,(H,24,30)(H,31,32). The Hall–Kier alpha value is -3.45. The van der Waals surface area contributed by atoms with Crippen LogP contribution in [-0.2, 0) is 4.74 Å². The Kier molecular flexibility index (Phi) is 5.65. The maximum atomic E-state index is 13.0. The van der Waals surface area contributed by atoms with Crippen LogP contribution in [0, 0.1) is 0 Å². The van der Waals surface area contributed by atoms with Crippen molar-refractivity contribution in [2.45, 2.75) is 31.2 Å². The molecule has 0 bridgehead atoms. The van der Waals surface area contributed by atoms with Gasteiger partial charge in [0.25, 0.3) is 11.9 Å². The van der Waals surface area contributed by atoms with Crippen molar-refractivity contribution in [3.05, 3.63) is 23.7 Å². The highest BCUT2D eigenvalue weighted by molar-refractivity contribution is 7.22. The van der Waals surface area contributed by atoms with Gasteiger partial charge in [-0.1, -0.05) is 11.3 Å². The third kappa shape index (κ3) is 4.60. The largest absolute Gasteiger partial charge is 0.465 e. The molecule has 2 aliphatic heterocycles. The van der Waals surface area contributed by atoms with Gasteiger partial charge in [0, 0.05) is 32.1 Å². The van der Waals surface area contributed by atoms with Crippen LogP contribution in [-0.4, -0.2) is 77.5 Å². The number of nitrogens with zero attached hydrogens (tertiary/aromatic N) is 5. The molecule has 1 saturated carbocycles. The summed E-state index contributed by atoms with van der Waals surface area (Å²) in [6.45, 7) is 4.01. The summed E-state index contributed by atoms with van der Waals surface area (Å²) < 4.78 is 11.9. The summed E-state index contributed by atoms with van der Waals surface area (Å²) in [5.74, 6) is -0.0558. The van der Waals surface area contributed by atoms with Crippen LogP contribution < -0.4 is 20.4 Å². The van der Waals surface area contributed by atoms with Gasteiger partial charge >= 0.3 is 6.09 Å². The molecule has 0 spiro atoms. The van der Waals surface area contributed by atoms with Crippen molar-refractivity contribution in [2.75, 3.05) is 54.5 Å². The van der Waals surface area contributed by atoms with Crippen LogP contribution in [0.5, 0.6) is 0 Å². The Bertz CT molecular complexity index is 1270. The van der Waals surface area contributed by atoms with Crippen molar-refractivity contribution in [3.8, 4) is 0 Å². The number of carbonyl (C=O) groups excluding carboxylic acids is 1. The van der Waals surface area contributed by atoms with Crippen LogP contribution in [0.25, 0.3) is 10.3 Å². The topological polar surface area (TPSA) is 146 Å². The Labute approximate surface area is 204 Å². The average Bonchev–Trinajstić information content (AvgIpc) is 3.22. The molecule has 184 valence electrons. The molecule has 5 heterocycles. The van der Waals surface area contributed by atoms with Gasteiger partial charge in [0.2, 0.25) is 0 Å². The molecule has 3 aliphatic rings. The summed E-state index contributed by atoms with van der Waals surface area (Å²) in [4.78, 5) is 41.8. The molecule has 1 unspecified atom stereocenters. The molecule has 1 atom stereocenters. The lowest BCUT2D eigenvalue weighted by atomic mass is 10.2. The minimum atomic E-state index is -1.06. The number of hydrogen-bond acceptors (Lipinski definition) is 10. The summed E-state index contributed by atoms with van der Waals surface area (Å²) in [6, 6.07) is 2.06. The molecule has 13 heteroatoms. The first-order valence-electron chi connectivity index (χ1n) is 11.7. The fourth-order valence-corrected chi connectivity index (χ4v) is 5.45. The summed E-state index contributed by atoms with van der Waals surface area (Å²) in [6.07, 6.45) is 2.99. The van der Waals surface area contributed by atoms with E-state index in [1.165, 1.54) is 6.26 Å². The van der Waals surface area contributed by atoms with Crippen LogP contribution >= 0.6 is 11.3 Å². The minimum absolute atomic E-state index is 0.162. The second-order valence-electron chi connectivity index (χ2n) is 8.96. The normalized spacial score (nSPS) is 20.4. The highest BCUT2D eigenvalue weighted by atomic mass is 32.1. The number of morpholine rings is 1. The summed E-state index contributed by atoms with van der Waals surface area (Å²) >= 11 is 1.56. The van der Waals surface area contributed by atoms with E-state index in [9.17, 15) is 9.59 Å². The SMILES string of the molecule is O=C(O)NC1CCN(c2nc(C(=O)Nc3cc4sc(N5CCOCC5)nc4nc3C3CC3)co2)C1. The van der Waals surface area contributed by atoms with Crippen LogP contribution in [0.4, 0.5) is 21.6 Å². The van der Waals surface area contributed by atoms with Crippen LogP contribution in [0.15, 0.2) is 16.7 Å². The zero-order valence-electron chi connectivity index (χ0n) is 18.9. The number of carboxylic acid groups (broad SMARTS) is 1. The zero-order chi connectivity index (χ0) is 23.9. The molecule has 3 aromatic rings. The predicted octanol–water partition coefficient (Wildman–Crippen LogP) is 2.49. The molecule has 0 aromatic carbocycles. The van der Waals surface area contributed by atoms with Crippen LogP contribution in [0.1, 0.15) is 41.4 Å². The number of hydrogen-bond donors (Lipinski definition) is 3. The van der Waals surface area contributed by atoms with E-state index in [1.807, 2.05) is 11.0 Å². The second kappa shape index (κ2) is 8.96. The quantitative estimate of drug-likeness (QED) is 0.462. The van der Waals surface area contributed by atoms with E-state index < -0.39 is 6.09 Å². The second-order valence-corrected chi connectivity index (χ2v) is 9.97. The van der Waals surface area contributed by atoms with Crippen molar-refractivity contribution in [1.29, 1.82) is 0 Å². The molecule has 2 amide bonds. The number of ether oxygens (including phenoxy) is 1. The molecule has 35 heavy (non-hydrogen) atoms. The van der Waals surface area contributed by atoms with Gasteiger partial charge in [-0.15, -0.1) is 0 Å². The van der Waals surface area contributed by atoms with E-state index >= 15 is 0 Å². The maximum absolute atomic E-state index is 13.0. The maximum Gasteiger partial charge on any atom is 0.404 e. The van der Waals surface area contributed by atoms with Crippen molar-refractivity contribution in [1.82, 2.24) is 20.3 Å². The van der Waals surface area contributed by atoms with Crippen LogP contribution in [0.3, 0.4) is 0 Å². The van der Waals surface area contributed by atoms with Gasteiger partial charge in [-0.2, -0.15) is 9.97 Å². The third-order valence-electron chi connectivity index (χ3n) is 6.41. The Balaban J connectivity index is 1.20. The molecule has 3 N–H and O–H groups in total. The van der Waals surface area contributed by atoms with E-state index in [2.05, 4.69) is 20.5 Å². The number of aromatic nitrogens is 3. The van der Waals surface area contributed by atoms with Gasteiger partial charge in [0.05, 0.1) is 35.3 Å². The molecule has 6 rings (SSSR count). The summed E-state index contributed by atoms with van der Waals surface area (Å²) in [7, 11) is 0. The molecule has 1 aliphatic carbocycles. The number of pyridine rings is 1. The summed E-state index contributed by atoms with van der Waals surface area (Å²) in [5, 5.41) is 15.3. The molecule has 0 radical (unpaired) electrons. The number of nitrogens with one attached hydrogen (secondary N) is 2. The molecular weight excluding hydrogens is 474 g/mol. The van der Waals surface area contributed by atoms with Gasteiger partial charge in [-0.05, 0) is 25.3 Å². The fourth-order valence-electron chi connectivity index (χ4n) is 4.45. The highest BCUT2D eigenvalue weighted by Gasteiger charge is 2.31. The molecular formula is C22H25N7O5S. The molecule has 2 saturated heterocycles. The highest BCUT2D eigenvalue weighted by Crippen LogP contribution is 2.44. The number of carbonyl (C=O) groups is 2. The number of thiazole rings is 1. The first kappa shape index (κ1) is 22.0. The van der Waals surface area contributed by atoms with Crippen molar-refractivity contribution in [3.63, 3.8) is 0 Å². The van der Waals surface area contributed by atoms with E-state index in [1.54, 1.807) is 11.3 Å². The smallest absolute Gasteiger partial charge is 0.404 e. The lowest BCUT2D eigenvalue weighted by Crippen LogP contribution is -2.36. The summed E-state index contributed by atoms with van der Waals surface area (Å²) in [5.41, 5.74) is 2.41. The lowest BCUT2D eigenvalue weighted by Gasteiger charge is -2.25. The molecule has 3 fully saturated rings. The van der Waals surface area contributed by atoms with Gasteiger partial charge in [0.1, 0.15) is 6.26 Å². The van der Waals surface area contributed by atoms with Gasteiger partial charge in [-0.3, -0.25) is 4.79 Å². The van der Waals surface area contributed by atoms with Gasteiger partial charge in [-0.25, -0.2) is 9.78 Å². The monoisotopic (exact) mass is 499 g/mol. The van der Waals surface area contributed by atoms with Gasteiger partial charge in [0.15, 0.2) is 16.5 Å². The number of anilines is 3. The molecule has 12 nitrogen and oxygen atoms in total. The Morgan fingerprint density at radius 2 is 1.91 bits per heavy atom. The number of rotatable bonds is 6. The number of amides is 2. The Morgan fingerprint density at radius 1 is 1.09 bits per heavy atom. The van der Waals surface area contributed by atoms with E-state index in [0.29, 0.717) is 56.0 Å². The lowest BCUT2D eigenvalue weighted by molar-refractivity contribution is 0.102. The first-order valence-corrected chi connectivity index (χ1v) is 12.5. The van der Waals surface area contributed by atoms with E-state index in [0.717, 1.165) is 41.5 Å². The molecule has 3 aromatic heterocycles. The van der Waals surface area contributed by atoms with Gasteiger partial charge < -0.3 is 34.7 Å². The number of fused-ring (bicyclic) bond motifs is 1. The first-order chi connectivity index (χ1) is 17.0. The van der Waals surface area contributed by atoms with Crippen molar-refractivity contribution >= 4 is 50.5 Å². The third-order valence-corrected chi connectivity index (χ3v) is 7.46. The van der Waals surface area contributed by atoms with Crippen molar-refractivity contribution in [2.24, 2.45) is 0 Å². The zero-order valence-corrected chi connectivity index (χ0v) is 19.7. The minimum Gasteiger partial charge on any atom is -0.465 e. The van der Waals surface area contributed by atoms with E-state index in [-0.39, 0.29) is 17.6 Å².